The van der Waals surface area contributed by atoms with E-state index in [-0.39, 0.29) is 11.8 Å². The summed E-state index contributed by atoms with van der Waals surface area (Å²) in [5, 5.41) is 1.69. The number of nitrogens with zero attached hydrogens (tertiary/aromatic N) is 2. The number of hydrogen-bond donors (Lipinski definition) is 0. The van der Waals surface area contributed by atoms with E-state index in [0.29, 0.717) is 42.8 Å². The maximum Gasteiger partial charge on any atom is 0.266 e. The number of fused-ring (bicyclic) bond motifs is 1. The number of rotatable bonds is 13. The van der Waals surface area contributed by atoms with Crippen LogP contribution < -0.4 is 24.2 Å². The Hall–Kier alpha value is -4.04. The second-order valence-electron chi connectivity index (χ2n) is 10.2. The van der Waals surface area contributed by atoms with Crippen LogP contribution in [0.5, 0.6) is 17.2 Å². The molecule has 3 aromatic carbocycles. The van der Waals surface area contributed by atoms with Crippen molar-refractivity contribution in [1.29, 1.82) is 0 Å². The van der Waals surface area contributed by atoms with Gasteiger partial charge < -0.3 is 14.2 Å². The first-order valence-electron chi connectivity index (χ1n) is 14.6. The molecule has 2 heterocycles. The van der Waals surface area contributed by atoms with Crippen LogP contribution in [0.1, 0.15) is 58.1 Å². The monoisotopic (exact) mass is 558 g/mol. The van der Waals surface area contributed by atoms with Gasteiger partial charge in [-0.25, -0.2) is 9.96 Å². The van der Waals surface area contributed by atoms with Gasteiger partial charge in [0.2, 0.25) is 5.91 Å². The zero-order valence-electron chi connectivity index (χ0n) is 24.0. The molecule has 2 aliphatic rings. The van der Waals surface area contributed by atoms with Crippen molar-refractivity contribution in [3.63, 3.8) is 0 Å². The summed E-state index contributed by atoms with van der Waals surface area (Å²) in [6.07, 6.45) is 3.01. The van der Waals surface area contributed by atoms with Gasteiger partial charge in [-0.1, -0.05) is 51.0 Å². The van der Waals surface area contributed by atoms with E-state index in [0.717, 1.165) is 36.9 Å². The summed E-state index contributed by atoms with van der Waals surface area (Å²) in [5.41, 5.74) is 2.06. The lowest BCUT2D eigenvalue weighted by Crippen LogP contribution is -2.37. The molecule has 2 fully saturated rings. The number of hydrogen-bond acceptors (Lipinski definition) is 7. The third-order valence-corrected chi connectivity index (χ3v) is 7.35. The molecule has 41 heavy (non-hydrogen) atoms. The molecular weight excluding hydrogens is 520 g/mol. The van der Waals surface area contributed by atoms with Crippen LogP contribution in [0.25, 0.3) is 0 Å². The molecule has 2 amide bonds. The van der Waals surface area contributed by atoms with Crippen molar-refractivity contribution >= 4 is 23.2 Å². The number of hydroxylamine groups is 1. The molecule has 3 aromatic rings. The van der Waals surface area contributed by atoms with Gasteiger partial charge >= 0.3 is 0 Å². The minimum absolute atomic E-state index is 0.302. The second kappa shape index (κ2) is 13.1. The van der Waals surface area contributed by atoms with E-state index in [9.17, 15) is 9.59 Å². The second-order valence-corrected chi connectivity index (χ2v) is 10.2. The van der Waals surface area contributed by atoms with Crippen molar-refractivity contribution in [3.05, 3.63) is 78.4 Å². The first-order valence-corrected chi connectivity index (χ1v) is 14.6. The molecule has 8 heteroatoms. The third-order valence-electron chi connectivity index (χ3n) is 7.35. The molecule has 8 nitrogen and oxygen atoms in total. The highest BCUT2D eigenvalue weighted by Gasteiger charge is 2.60. The van der Waals surface area contributed by atoms with Crippen molar-refractivity contribution in [2.75, 3.05) is 29.8 Å². The van der Waals surface area contributed by atoms with Gasteiger partial charge in [-0.05, 0) is 73.9 Å². The number of unbranched alkanes of at least 4 members (excludes halogenated alkanes) is 2. The number of anilines is 2. The molecule has 2 aliphatic heterocycles. The van der Waals surface area contributed by atoms with Crippen LogP contribution in [0.2, 0.25) is 0 Å². The van der Waals surface area contributed by atoms with Crippen molar-refractivity contribution in [1.82, 2.24) is 0 Å². The molecule has 0 N–H and O–H groups in total. The van der Waals surface area contributed by atoms with Crippen LogP contribution in [-0.4, -0.2) is 37.7 Å². The summed E-state index contributed by atoms with van der Waals surface area (Å²) in [6, 6.07) is 21.8. The molecule has 0 spiro atoms. The number of benzene rings is 3. The van der Waals surface area contributed by atoms with Crippen molar-refractivity contribution in [3.8, 4) is 17.2 Å². The Balaban J connectivity index is 1.47. The van der Waals surface area contributed by atoms with Gasteiger partial charge in [-0.3, -0.25) is 14.4 Å². The third kappa shape index (κ3) is 5.88. The Morgan fingerprint density at radius 3 is 2.12 bits per heavy atom. The van der Waals surface area contributed by atoms with E-state index in [1.807, 2.05) is 55.5 Å². The van der Waals surface area contributed by atoms with Gasteiger partial charge in [0.1, 0.15) is 11.7 Å². The standard InChI is InChI=1S/C33H38N2O6/c1-4-7-20-39-26-17-15-24(16-18-26)34-32(36)29-30(35(41-31(29)33(34)37)25-12-10-9-11-13-25)23-14-19-27(40-21-8-5-2)28(22-23)38-6-3/h9-19,22,29-31H,4-8,20-21H2,1-3H3/t29-,30-,31-/m1/s1. The number of imide groups is 1. The topological polar surface area (TPSA) is 77.5 Å². The predicted molar refractivity (Wildman–Crippen MR) is 157 cm³/mol. The van der Waals surface area contributed by atoms with Gasteiger partial charge in [0, 0.05) is 0 Å². The van der Waals surface area contributed by atoms with Gasteiger partial charge in [-0.2, -0.15) is 0 Å². The van der Waals surface area contributed by atoms with Crippen LogP contribution in [0.15, 0.2) is 72.8 Å². The normalized spacial score (nSPS) is 19.9. The number of amides is 2. The summed E-state index contributed by atoms with van der Waals surface area (Å²) in [6.45, 7) is 7.82. The van der Waals surface area contributed by atoms with Gasteiger partial charge in [0.05, 0.1) is 37.2 Å². The largest absolute Gasteiger partial charge is 0.494 e. The lowest BCUT2D eigenvalue weighted by molar-refractivity contribution is -0.126. The molecule has 0 aromatic heterocycles. The lowest BCUT2D eigenvalue weighted by Gasteiger charge is -2.29. The summed E-state index contributed by atoms with van der Waals surface area (Å²) in [7, 11) is 0. The van der Waals surface area contributed by atoms with E-state index in [2.05, 4.69) is 13.8 Å². The Bertz CT molecular complexity index is 1330. The fraction of sp³-hybridized carbons (Fsp3) is 0.394. The molecule has 3 atom stereocenters. The average Bonchev–Trinajstić information content (AvgIpc) is 3.50. The first-order chi connectivity index (χ1) is 20.1. The quantitative estimate of drug-likeness (QED) is 0.175. The summed E-state index contributed by atoms with van der Waals surface area (Å²) in [5.74, 6) is 0.532. The molecule has 216 valence electrons. The van der Waals surface area contributed by atoms with Crippen molar-refractivity contribution in [2.45, 2.75) is 58.6 Å². The Morgan fingerprint density at radius 2 is 1.44 bits per heavy atom. The van der Waals surface area contributed by atoms with Crippen LogP contribution in [0, 0.1) is 5.92 Å². The van der Waals surface area contributed by atoms with E-state index in [4.69, 9.17) is 19.0 Å². The Kier molecular flexibility index (Phi) is 9.09. The lowest BCUT2D eigenvalue weighted by atomic mass is 9.90. The zero-order valence-corrected chi connectivity index (χ0v) is 24.0. The van der Waals surface area contributed by atoms with Gasteiger partial charge in [-0.15, -0.1) is 0 Å². The van der Waals surface area contributed by atoms with Crippen LogP contribution in [0.3, 0.4) is 0 Å². The van der Waals surface area contributed by atoms with E-state index in [1.54, 1.807) is 29.3 Å². The first kappa shape index (κ1) is 28.5. The molecular formula is C33H38N2O6. The smallest absolute Gasteiger partial charge is 0.266 e. The Labute approximate surface area is 241 Å². The number of carbonyl (C=O) groups excluding carboxylic acids is 2. The minimum Gasteiger partial charge on any atom is -0.494 e. The fourth-order valence-electron chi connectivity index (χ4n) is 5.26. The highest BCUT2D eigenvalue weighted by atomic mass is 16.7. The molecule has 2 saturated heterocycles. The molecule has 0 aliphatic carbocycles. The molecule has 5 rings (SSSR count). The van der Waals surface area contributed by atoms with E-state index >= 15 is 0 Å². The zero-order chi connectivity index (χ0) is 28.8. The maximum atomic E-state index is 14.0. The minimum atomic E-state index is -0.954. The molecule has 0 bridgehead atoms. The molecule has 0 saturated carbocycles. The van der Waals surface area contributed by atoms with E-state index in [1.165, 1.54) is 4.90 Å². The van der Waals surface area contributed by atoms with Crippen LogP contribution >= 0.6 is 0 Å². The average molecular weight is 559 g/mol. The van der Waals surface area contributed by atoms with Gasteiger partial charge in [0.25, 0.3) is 5.91 Å². The summed E-state index contributed by atoms with van der Waals surface area (Å²) in [4.78, 5) is 35.3. The summed E-state index contributed by atoms with van der Waals surface area (Å²) >= 11 is 0. The highest BCUT2D eigenvalue weighted by Crippen LogP contribution is 2.48. The number of para-hydroxylation sites is 1. The molecule has 0 radical (unpaired) electrons. The predicted octanol–water partition coefficient (Wildman–Crippen LogP) is 6.49. The van der Waals surface area contributed by atoms with Gasteiger partial charge in [0.15, 0.2) is 17.6 Å². The Morgan fingerprint density at radius 1 is 0.732 bits per heavy atom. The van der Waals surface area contributed by atoms with E-state index < -0.39 is 18.1 Å². The number of carbonyl (C=O) groups is 2. The SMILES string of the molecule is CCCCOc1ccc(N2C(=O)[C@@H]3[C@@H](c4ccc(OCCCC)c(OCC)c4)N(c4ccccc4)O[C@H]3C2=O)cc1. The number of ether oxygens (including phenoxy) is 3. The molecule has 0 unspecified atom stereocenters. The summed E-state index contributed by atoms with van der Waals surface area (Å²) < 4.78 is 17.7. The van der Waals surface area contributed by atoms with Crippen LogP contribution in [0.4, 0.5) is 11.4 Å². The van der Waals surface area contributed by atoms with Crippen LogP contribution in [-0.2, 0) is 14.4 Å². The fourth-order valence-corrected chi connectivity index (χ4v) is 5.26. The maximum absolute atomic E-state index is 14.0. The van der Waals surface area contributed by atoms with Crippen molar-refractivity contribution < 1.29 is 28.6 Å². The van der Waals surface area contributed by atoms with Crippen molar-refractivity contribution in [2.24, 2.45) is 5.92 Å². The highest BCUT2D eigenvalue weighted by molar-refractivity contribution is 6.23.